The SMILES string of the molecule is Cc1ncccc1Oc1ncc(I)cn1. The monoisotopic (exact) mass is 313 g/mol. The van der Waals surface area contributed by atoms with Gasteiger partial charge >= 0.3 is 6.01 Å². The molecule has 15 heavy (non-hydrogen) atoms. The van der Waals surface area contributed by atoms with Crippen molar-refractivity contribution in [3.05, 3.63) is 40.0 Å². The van der Waals surface area contributed by atoms with E-state index in [1.54, 1.807) is 18.6 Å². The summed E-state index contributed by atoms with van der Waals surface area (Å²) in [7, 11) is 0. The van der Waals surface area contributed by atoms with E-state index in [-0.39, 0.29) is 0 Å². The van der Waals surface area contributed by atoms with Gasteiger partial charge in [0.05, 0.1) is 5.69 Å². The maximum atomic E-state index is 5.48. The second kappa shape index (κ2) is 4.52. The molecule has 0 aromatic carbocycles. The molecule has 0 aliphatic heterocycles. The van der Waals surface area contributed by atoms with Crippen LogP contribution in [0.5, 0.6) is 11.8 Å². The Bertz CT molecular complexity index is 458. The third-order valence-electron chi connectivity index (χ3n) is 1.76. The molecule has 5 heteroatoms. The lowest BCUT2D eigenvalue weighted by Gasteiger charge is -2.04. The van der Waals surface area contributed by atoms with Crippen LogP contribution in [-0.4, -0.2) is 15.0 Å². The van der Waals surface area contributed by atoms with Crippen LogP contribution in [-0.2, 0) is 0 Å². The van der Waals surface area contributed by atoms with Gasteiger partial charge in [0.2, 0.25) is 0 Å². The van der Waals surface area contributed by atoms with Gasteiger partial charge in [0.25, 0.3) is 0 Å². The molecule has 0 radical (unpaired) electrons. The number of ether oxygens (including phenoxy) is 1. The first-order valence-electron chi connectivity index (χ1n) is 4.33. The molecule has 2 heterocycles. The van der Waals surface area contributed by atoms with Crippen molar-refractivity contribution in [2.24, 2.45) is 0 Å². The summed E-state index contributed by atoms with van der Waals surface area (Å²) in [6.45, 7) is 1.88. The predicted molar refractivity (Wildman–Crippen MR) is 63.8 cm³/mol. The molecule has 0 fully saturated rings. The fourth-order valence-corrected chi connectivity index (χ4v) is 1.31. The van der Waals surface area contributed by atoms with Gasteiger partial charge < -0.3 is 4.74 Å². The first-order chi connectivity index (χ1) is 7.25. The molecule has 2 aromatic rings. The summed E-state index contributed by atoms with van der Waals surface area (Å²) >= 11 is 2.14. The zero-order valence-electron chi connectivity index (χ0n) is 8.01. The molecule has 0 atom stereocenters. The summed E-state index contributed by atoms with van der Waals surface area (Å²) in [4.78, 5) is 12.2. The highest BCUT2D eigenvalue weighted by molar-refractivity contribution is 14.1. The van der Waals surface area contributed by atoms with E-state index in [0.29, 0.717) is 11.8 Å². The van der Waals surface area contributed by atoms with Crippen LogP contribution < -0.4 is 4.74 Å². The summed E-state index contributed by atoms with van der Waals surface area (Å²) in [5.41, 5.74) is 0.819. The standard InChI is InChI=1S/C10H8IN3O/c1-7-9(3-2-4-12-7)15-10-13-5-8(11)6-14-10/h2-6H,1H3. The number of halogens is 1. The molecule has 0 spiro atoms. The van der Waals surface area contributed by atoms with Crippen LogP contribution in [0.25, 0.3) is 0 Å². The molecule has 2 rings (SSSR count). The summed E-state index contributed by atoms with van der Waals surface area (Å²) in [5.74, 6) is 0.679. The molecule has 76 valence electrons. The van der Waals surface area contributed by atoms with Crippen molar-refractivity contribution in [1.29, 1.82) is 0 Å². The van der Waals surface area contributed by atoms with Crippen molar-refractivity contribution >= 4 is 22.6 Å². The van der Waals surface area contributed by atoms with E-state index in [4.69, 9.17) is 4.74 Å². The molecule has 2 aromatic heterocycles. The zero-order chi connectivity index (χ0) is 10.7. The fraction of sp³-hybridized carbons (Fsp3) is 0.100. The highest BCUT2D eigenvalue weighted by Gasteiger charge is 2.02. The third-order valence-corrected chi connectivity index (χ3v) is 2.31. The maximum absolute atomic E-state index is 5.48. The molecule has 0 amide bonds. The summed E-state index contributed by atoms with van der Waals surface area (Å²) in [5, 5.41) is 0. The Balaban J connectivity index is 2.22. The van der Waals surface area contributed by atoms with Gasteiger partial charge in [0, 0.05) is 22.2 Å². The van der Waals surface area contributed by atoms with Gasteiger partial charge in [-0.25, -0.2) is 9.97 Å². The minimum Gasteiger partial charge on any atom is -0.422 e. The molecule has 0 aliphatic rings. The fourth-order valence-electron chi connectivity index (χ4n) is 1.03. The molecular weight excluding hydrogens is 305 g/mol. The number of rotatable bonds is 2. The molecule has 4 nitrogen and oxygen atoms in total. The Morgan fingerprint density at radius 2 is 1.93 bits per heavy atom. The second-order valence-electron chi connectivity index (χ2n) is 2.87. The Kier molecular flexibility index (Phi) is 3.10. The van der Waals surface area contributed by atoms with Gasteiger partial charge in [-0.15, -0.1) is 0 Å². The number of aryl methyl sites for hydroxylation is 1. The number of hydrogen-bond donors (Lipinski definition) is 0. The third kappa shape index (κ3) is 2.62. The Hall–Kier alpha value is -1.24. The van der Waals surface area contributed by atoms with E-state index in [0.717, 1.165) is 9.26 Å². The average molecular weight is 313 g/mol. The van der Waals surface area contributed by atoms with Gasteiger partial charge in [0.15, 0.2) is 5.75 Å². The second-order valence-corrected chi connectivity index (χ2v) is 4.12. The van der Waals surface area contributed by atoms with Crippen LogP contribution in [0.2, 0.25) is 0 Å². The van der Waals surface area contributed by atoms with Gasteiger partial charge in [-0.05, 0) is 41.6 Å². The average Bonchev–Trinajstić information content (AvgIpc) is 2.25. The van der Waals surface area contributed by atoms with Crippen molar-refractivity contribution in [1.82, 2.24) is 15.0 Å². The van der Waals surface area contributed by atoms with Crippen LogP contribution in [0.3, 0.4) is 0 Å². The largest absolute Gasteiger partial charge is 0.422 e. The van der Waals surface area contributed by atoms with Gasteiger partial charge in [-0.3, -0.25) is 4.98 Å². The van der Waals surface area contributed by atoms with Crippen LogP contribution >= 0.6 is 22.6 Å². The lowest BCUT2D eigenvalue weighted by Crippen LogP contribution is -1.94. The van der Waals surface area contributed by atoms with E-state index in [9.17, 15) is 0 Å². The van der Waals surface area contributed by atoms with Crippen LogP contribution in [0.1, 0.15) is 5.69 Å². The Labute approximate surface area is 101 Å². The van der Waals surface area contributed by atoms with E-state index >= 15 is 0 Å². The summed E-state index contributed by atoms with van der Waals surface area (Å²) < 4.78 is 6.45. The van der Waals surface area contributed by atoms with Crippen LogP contribution in [0, 0.1) is 10.5 Å². The van der Waals surface area contributed by atoms with Crippen LogP contribution in [0.4, 0.5) is 0 Å². The topological polar surface area (TPSA) is 47.9 Å². The van der Waals surface area contributed by atoms with Crippen molar-refractivity contribution in [3.8, 4) is 11.8 Å². The maximum Gasteiger partial charge on any atom is 0.321 e. The molecule has 0 bridgehead atoms. The predicted octanol–water partition coefficient (Wildman–Crippen LogP) is 2.58. The van der Waals surface area contributed by atoms with Crippen LogP contribution in [0.15, 0.2) is 30.7 Å². The van der Waals surface area contributed by atoms with Gasteiger partial charge in [0.1, 0.15) is 0 Å². The minimum absolute atomic E-state index is 0.339. The molecule has 0 N–H and O–H groups in total. The van der Waals surface area contributed by atoms with Crippen molar-refractivity contribution in [3.63, 3.8) is 0 Å². The first kappa shape index (κ1) is 10.3. The lowest BCUT2D eigenvalue weighted by atomic mass is 10.3. The molecule has 0 saturated carbocycles. The first-order valence-corrected chi connectivity index (χ1v) is 5.40. The van der Waals surface area contributed by atoms with E-state index in [2.05, 4.69) is 37.5 Å². The highest BCUT2D eigenvalue weighted by Crippen LogP contribution is 2.19. The van der Waals surface area contributed by atoms with Crippen molar-refractivity contribution < 1.29 is 4.74 Å². The highest BCUT2D eigenvalue weighted by atomic mass is 127. The number of aromatic nitrogens is 3. The van der Waals surface area contributed by atoms with E-state index in [1.165, 1.54) is 0 Å². The quantitative estimate of drug-likeness (QED) is 0.800. The normalized spacial score (nSPS) is 10.0. The van der Waals surface area contributed by atoms with E-state index < -0.39 is 0 Å². The minimum atomic E-state index is 0.339. The lowest BCUT2D eigenvalue weighted by molar-refractivity contribution is 0.435. The number of pyridine rings is 1. The molecule has 0 saturated heterocycles. The van der Waals surface area contributed by atoms with Crippen molar-refractivity contribution in [2.45, 2.75) is 6.92 Å². The molecule has 0 aliphatic carbocycles. The van der Waals surface area contributed by atoms with E-state index in [1.807, 2.05) is 19.1 Å². The smallest absolute Gasteiger partial charge is 0.321 e. The molecule has 0 unspecified atom stereocenters. The number of nitrogens with zero attached hydrogens (tertiary/aromatic N) is 3. The molecular formula is C10H8IN3O. The Morgan fingerprint density at radius 3 is 2.60 bits per heavy atom. The van der Waals surface area contributed by atoms with Gasteiger partial charge in [-0.1, -0.05) is 0 Å². The van der Waals surface area contributed by atoms with Gasteiger partial charge in [-0.2, -0.15) is 0 Å². The summed E-state index contributed by atoms with van der Waals surface area (Å²) in [6, 6.07) is 3.99. The zero-order valence-corrected chi connectivity index (χ0v) is 10.2. The Morgan fingerprint density at radius 1 is 1.20 bits per heavy atom. The van der Waals surface area contributed by atoms with Crippen molar-refractivity contribution in [2.75, 3.05) is 0 Å². The summed E-state index contributed by atoms with van der Waals surface area (Å²) in [6.07, 6.45) is 5.13. The number of hydrogen-bond acceptors (Lipinski definition) is 4.